The smallest absolute Gasteiger partial charge is 0.310 e. The normalized spacial score (nSPS) is 11.4. The van der Waals surface area contributed by atoms with Gasteiger partial charge >= 0.3 is 6.18 Å². The minimum atomic E-state index is -4.85. The van der Waals surface area contributed by atoms with Crippen LogP contribution in [0, 0.1) is 0 Å². The number of carbonyl (C=O) groups excluding carboxylic acids is 1. The van der Waals surface area contributed by atoms with E-state index >= 15 is 0 Å². The van der Waals surface area contributed by atoms with Crippen LogP contribution in [-0.2, 0) is 6.18 Å². The zero-order valence-corrected chi connectivity index (χ0v) is 14.0. The summed E-state index contributed by atoms with van der Waals surface area (Å²) in [5.41, 5.74) is -1.53. The Labute approximate surface area is 150 Å². The first kappa shape index (κ1) is 17.9. The molecule has 3 rings (SSSR count). The number of aromatic nitrogens is 4. The van der Waals surface area contributed by atoms with E-state index in [1.807, 2.05) is 0 Å². The molecule has 0 N–H and O–H groups in total. The summed E-state index contributed by atoms with van der Waals surface area (Å²) >= 11 is 5.93. The molecule has 0 aliphatic carbocycles. The first-order valence-electron chi connectivity index (χ1n) is 7.25. The molecule has 0 saturated heterocycles. The minimum Gasteiger partial charge on any atom is -0.310 e. The van der Waals surface area contributed by atoms with Crippen molar-refractivity contribution in [1.29, 1.82) is 0 Å². The van der Waals surface area contributed by atoms with Crippen molar-refractivity contribution in [3.8, 4) is 5.82 Å². The molecular formula is C16H11ClF3N5O. The molecule has 3 aromatic heterocycles. The quantitative estimate of drug-likeness (QED) is 0.695. The van der Waals surface area contributed by atoms with Crippen molar-refractivity contribution in [1.82, 2.24) is 19.7 Å². The van der Waals surface area contributed by atoms with E-state index in [1.54, 1.807) is 12.1 Å². The molecule has 0 aliphatic rings. The van der Waals surface area contributed by atoms with E-state index in [0.717, 1.165) is 11.1 Å². The van der Waals surface area contributed by atoms with Gasteiger partial charge in [-0.1, -0.05) is 11.6 Å². The molecule has 1 amide bonds. The Morgan fingerprint density at radius 3 is 2.54 bits per heavy atom. The van der Waals surface area contributed by atoms with E-state index in [4.69, 9.17) is 11.6 Å². The molecule has 26 heavy (non-hydrogen) atoms. The lowest BCUT2D eigenvalue weighted by atomic mass is 10.2. The Balaban J connectivity index is 2.12. The molecule has 134 valence electrons. The van der Waals surface area contributed by atoms with Gasteiger partial charge in [0.1, 0.15) is 0 Å². The van der Waals surface area contributed by atoms with Crippen LogP contribution in [-0.4, -0.2) is 32.7 Å². The Morgan fingerprint density at radius 2 is 1.92 bits per heavy atom. The van der Waals surface area contributed by atoms with E-state index in [-0.39, 0.29) is 10.8 Å². The van der Waals surface area contributed by atoms with Gasteiger partial charge in [0.2, 0.25) is 0 Å². The second kappa shape index (κ2) is 6.75. The maximum Gasteiger partial charge on any atom is 0.434 e. The number of pyridine rings is 2. The second-order valence-electron chi connectivity index (χ2n) is 5.20. The van der Waals surface area contributed by atoms with E-state index in [1.165, 1.54) is 37.8 Å². The zero-order valence-electron chi connectivity index (χ0n) is 13.3. The van der Waals surface area contributed by atoms with Gasteiger partial charge < -0.3 is 4.90 Å². The van der Waals surface area contributed by atoms with Gasteiger partial charge in [-0.3, -0.25) is 9.78 Å². The number of hydrogen-bond donors (Lipinski definition) is 0. The number of hydrogen-bond acceptors (Lipinski definition) is 4. The summed E-state index contributed by atoms with van der Waals surface area (Å²) in [6.07, 6.45) is 0.142. The van der Waals surface area contributed by atoms with Gasteiger partial charge in [0.25, 0.3) is 5.91 Å². The van der Waals surface area contributed by atoms with Crippen LogP contribution < -0.4 is 4.90 Å². The Bertz CT molecular complexity index is 943. The van der Waals surface area contributed by atoms with Crippen LogP contribution in [0.15, 0.2) is 49.1 Å². The summed E-state index contributed by atoms with van der Waals surface area (Å²) in [4.78, 5) is 21.4. The third-order valence-electron chi connectivity index (χ3n) is 3.55. The monoisotopic (exact) mass is 381 g/mol. The van der Waals surface area contributed by atoms with Crippen LogP contribution in [0.2, 0.25) is 5.02 Å². The Kier molecular flexibility index (Phi) is 4.64. The largest absolute Gasteiger partial charge is 0.434 e. The molecule has 3 aromatic rings. The second-order valence-corrected chi connectivity index (χ2v) is 5.61. The van der Waals surface area contributed by atoms with Crippen LogP contribution >= 0.6 is 11.6 Å². The molecule has 0 radical (unpaired) electrons. The fraction of sp³-hybridized carbons (Fsp3) is 0.125. The highest BCUT2D eigenvalue weighted by Crippen LogP contribution is 2.35. The average Bonchev–Trinajstić information content (AvgIpc) is 3.07. The highest BCUT2D eigenvalue weighted by molar-refractivity contribution is 6.32. The van der Waals surface area contributed by atoms with Gasteiger partial charge in [0, 0.05) is 19.4 Å². The molecule has 0 bridgehead atoms. The number of alkyl halides is 3. The molecule has 0 atom stereocenters. The molecule has 0 saturated carbocycles. The molecule has 0 fully saturated rings. The number of amides is 1. The average molecular weight is 382 g/mol. The number of carbonyl (C=O) groups is 1. The zero-order chi connectivity index (χ0) is 18.9. The number of nitrogens with zero attached hydrogens (tertiary/aromatic N) is 5. The first-order valence-corrected chi connectivity index (χ1v) is 7.62. The maximum atomic E-state index is 13.7. The minimum absolute atomic E-state index is 0.0271. The summed E-state index contributed by atoms with van der Waals surface area (Å²) in [7, 11) is 1.35. The molecular weight excluding hydrogens is 371 g/mol. The lowest BCUT2D eigenvalue weighted by molar-refractivity contribution is -0.143. The van der Waals surface area contributed by atoms with Crippen LogP contribution in [0.25, 0.3) is 5.82 Å². The first-order chi connectivity index (χ1) is 12.3. The predicted octanol–water partition coefficient (Wildman–Crippen LogP) is 3.61. The van der Waals surface area contributed by atoms with Crippen molar-refractivity contribution in [2.45, 2.75) is 6.18 Å². The van der Waals surface area contributed by atoms with Crippen molar-refractivity contribution in [2.75, 3.05) is 11.9 Å². The highest BCUT2D eigenvalue weighted by atomic mass is 35.5. The topological polar surface area (TPSA) is 63.9 Å². The van der Waals surface area contributed by atoms with Gasteiger partial charge in [0.05, 0.1) is 28.7 Å². The van der Waals surface area contributed by atoms with E-state index in [2.05, 4.69) is 15.1 Å². The molecule has 6 nitrogen and oxygen atoms in total. The van der Waals surface area contributed by atoms with Gasteiger partial charge in [-0.15, -0.1) is 0 Å². The van der Waals surface area contributed by atoms with Gasteiger partial charge in [-0.2, -0.15) is 18.3 Å². The van der Waals surface area contributed by atoms with E-state index < -0.39 is 23.3 Å². The molecule has 0 aromatic carbocycles. The summed E-state index contributed by atoms with van der Waals surface area (Å²) in [5.74, 6) is -1.10. The molecule has 10 heteroatoms. The summed E-state index contributed by atoms with van der Waals surface area (Å²) < 4.78 is 41.5. The van der Waals surface area contributed by atoms with Gasteiger partial charge in [-0.05, 0) is 24.3 Å². The standard InChI is InChI=1S/C16H11ClF3N5O/c1-24(10-4-2-6-21-8-10)15(26)11-9-23-25(13(11)16(18,19)20)14-12(17)5-3-7-22-14/h2-9H,1H3. The van der Waals surface area contributed by atoms with Crippen molar-refractivity contribution in [3.05, 3.63) is 65.3 Å². The number of halogens is 4. The fourth-order valence-electron chi connectivity index (χ4n) is 2.32. The summed E-state index contributed by atoms with van der Waals surface area (Å²) in [6.45, 7) is 0. The van der Waals surface area contributed by atoms with Crippen molar-refractivity contribution in [3.63, 3.8) is 0 Å². The van der Waals surface area contributed by atoms with E-state index in [9.17, 15) is 18.0 Å². The predicted molar refractivity (Wildman–Crippen MR) is 88.3 cm³/mol. The lowest BCUT2D eigenvalue weighted by Gasteiger charge is -2.18. The van der Waals surface area contributed by atoms with Crippen molar-refractivity contribution in [2.24, 2.45) is 0 Å². The fourth-order valence-corrected chi connectivity index (χ4v) is 2.52. The number of anilines is 1. The lowest BCUT2D eigenvalue weighted by Crippen LogP contribution is -2.29. The number of rotatable bonds is 3. The maximum absolute atomic E-state index is 13.7. The van der Waals surface area contributed by atoms with Crippen LogP contribution in [0.5, 0.6) is 0 Å². The van der Waals surface area contributed by atoms with Crippen LogP contribution in [0.1, 0.15) is 16.1 Å². The molecule has 0 unspecified atom stereocenters. The Morgan fingerprint density at radius 1 is 1.19 bits per heavy atom. The third kappa shape index (κ3) is 3.25. The Hall–Kier alpha value is -2.94. The molecule has 3 heterocycles. The van der Waals surface area contributed by atoms with Crippen molar-refractivity contribution < 1.29 is 18.0 Å². The van der Waals surface area contributed by atoms with Gasteiger partial charge in [-0.25, -0.2) is 9.67 Å². The molecule has 0 aliphatic heterocycles. The van der Waals surface area contributed by atoms with Crippen molar-refractivity contribution >= 4 is 23.2 Å². The summed E-state index contributed by atoms with van der Waals surface area (Å²) in [6, 6.07) is 5.99. The van der Waals surface area contributed by atoms with Crippen LogP contribution in [0.4, 0.5) is 18.9 Å². The highest BCUT2D eigenvalue weighted by Gasteiger charge is 2.41. The molecule has 0 spiro atoms. The summed E-state index contributed by atoms with van der Waals surface area (Å²) in [5, 5.41) is 3.67. The van der Waals surface area contributed by atoms with E-state index in [0.29, 0.717) is 10.4 Å². The third-order valence-corrected chi connectivity index (χ3v) is 3.84. The van der Waals surface area contributed by atoms with Gasteiger partial charge in [0.15, 0.2) is 11.5 Å². The SMILES string of the molecule is CN(C(=O)c1cnn(-c2ncccc2Cl)c1C(F)(F)F)c1cccnc1. The van der Waals surface area contributed by atoms with Crippen LogP contribution in [0.3, 0.4) is 0 Å².